The van der Waals surface area contributed by atoms with E-state index in [4.69, 9.17) is 4.74 Å². The molecule has 3 nitrogen and oxygen atoms in total. The van der Waals surface area contributed by atoms with Gasteiger partial charge in [0.25, 0.3) is 0 Å². The second-order valence-corrected chi connectivity index (χ2v) is 7.48. The number of benzene rings is 2. The first-order valence-electron chi connectivity index (χ1n) is 8.98. The Morgan fingerprint density at radius 1 is 1.08 bits per heavy atom. The highest BCUT2D eigenvalue weighted by Crippen LogP contribution is 2.35. The normalized spacial score (nSPS) is 19.8. The van der Waals surface area contributed by atoms with E-state index in [-0.39, 0.29) is 6.10 Å². The van der Waals surface area contributed by atoms with Gasteiger partial charge in [0.1, 0.15) is 11.7 Å². The van der Waals surface area contributed by atoms with Crippen molar-refractivity contribution in [2.45, 2.75) is 18.1 Å². The average Bonchev–Trinajstić information content (AvgIpc) is 3.24. The van der Waals surface area contributed by atoms with Crippen molar-refractivity contribution < 1.29 is 9.84 Å². The molecule has 4 rings (SSSR count). The largest absolute Gasteiger partial charge is 0.382 e. The van der Waals surface area contributed by atoms with Crippen molar-refractivity contribution in [2.75, 3.05) is 19.7 Å². The highest BCUT2D eigenvalue weighted by Gasteiger charge is 2.40. The summed E-state index contributed by atoms with van der Waals surface area (Å²) in [6.07, 6.45) is 0.226. The Morgan fingerprint density at radius 2 is 1.88 bits per heavy atom. The molecule has 2 aromatic carbocycles. The van der Waals surface area contributed by atoms with Crippen molar-refractivity contribution in [3.63, 3.8) is 0 Å². The number of hydrogen-bond acceptors (Lipinski definition) is 4. The third-order valence-corrected chi connectivity index (χ3v) is 5.73. The zero-order valence-corrected chi connectivity index (χ0v) is 15.4. The quantitative estimate of drug-likeness (QED) is 0.722. The molecule has 3 aromatic rings. The smallest absolute Gasteiger partial charge is 0.121 e. The molecule has 1 aromatic heterocycles. The number of nitrogens with one attached hydrogen (secondary N) is 1. The first-order valence-corrected chi connectivity index (χ1v) is 9.92. The van der Waals surface area contributed by atoms with Gasteiger partial charge in [-0.05, 0) is 39.1 Å². The fourth-order valence-electron chi connectivity index (χ4n) is 3.66. The van der Waals surface area contributed by atoms with Crippen molar-refractivity contribution in [1.29, 1.82) is 0 Å². The number of aliphatic hydroxyl groups is 1. The van der Waals surface area contributed by atoms with E-state index in [0.717, 1.165) is 17.7 Å². The van der Waals surface area contributed by atoms with E-state index in [9.17, 15) is 5.11 Å². The monoisotopic (exact) mass is 365 g/mol. The van der Waals surface area contributed by atoms with Gasteiger partial charge < -0.3 is 15.2 Å². The van der Waals surface area contributed by atoms with E-state index >= 15 is 0 Å². The highest BCUT2D eigenvalue weighted by atomic mass is 32.1. The standard InChI is InChI=1S/C22H23NO2S/c24-22(19-7-2-1-3-8-19,21-15-23-11-12-25-21)14-17-6-4-5-9-20(17)18-10-13-26-16-18/h1-10,13,16,21,23-24H,11-12,14-15H2. The number of ether oxygens (including phenoxy) is 1. The van der Waals surface area contributed by atoms with Gasteiger partial charge in [0.05, 0.1) is 6.61 Å². The molecular formula is C22H23NO2S. The number of rotatable bonds is 5. The van der Waals surface area contributed by atoms with Gasteiger partial charge in [-0.25, -0.2) is 0 Å². The molecule has 0 aliphatic carbocycles. The van der Waals surface area contributed by atoms with Gasteiger partial charge in [-0.3, -0.25) is 0 Å². The van der Waals surface area contributed by atoms with Crippen LogP contribution in [0.3, 0.4) is 0 Å². The Hall–Kier alpha value is -1.98. The predicted molar refractivity (Wildman–Crippen MR) is 106 cm³/mol. The van der Waals surface area contributed by atoms with Crippen LogP contribution in [0.1, 0.15) is 11.1 Å². The topological polar surface area (TPSA) is 41.5 Å². The lowest BCUT2D eigenvalue weighted by Crippen LogP contribution is -2.52. The minimum Gasteiger partial charge on any atom is -0.382 e. The van der Waals surface area contributed by atoms with Gasteiger partial charge in [-0.15, -0.1) is 0 Å². The molecule has 134 valence electrons. The van der Waals surface area contributed by atoms with E-state index < -0.39 is 5.60 Å². The van der Waals surface area contributed by atoms with Crippen molar-refractivity contribution >= 4 is 11.3 Å². The summed E-state index contributed by atoms with van der Waals surface area (Å²) < 4.78 is 5.99. The summed E-state index contributed by atoms with van der Waals surface area (Å²) in [6.45, 7) is 2.09. The lowest BCUT2D eigenvalue weighted by atomic mass is 9.80. The minimum atomic E-state index is -1.08. The zero-order chi connectivity index (χ0) is 17.8. The maximum absolute atomic E-state index is 11.8. The highest BCUT2D eigenvalue weighted by molar-refractivity contribution is 7.08. The van der Waals surface area contributed by atoms with Gasteiger partial charge in [0, 0.05) is 19.5 Å². The third kappa shape index (κ3) is 3.46. The van der Waals surface area contributed by atoms with Crippen molar-refractivity contribution in [2.24, 2.45) is 0 Å². The van der Waals surface area contributed by atoms with Crippen molar-refractivity contribution in [3.8, 4) is 11.1 Å². The molecule has 1 saturated heterocycles. The van der Waals surface area contributed by atoms with Crippen LogP contribution in [0.25, 0.3) is 11.1 Å². The van der Waals surface area contributed by atoms with E-state index in [2.05, 4.69) is 40.3 Å². The molecule has 0 amide bonds. The van der Waals surface area contributed by atoms with Crippen LogP contribution in [0.5, 0.6) is 0 Å². The van der Waals surface area contributed by atoms with E-state index in [1.165, 1.54) is 11.1 Å². The Bertz CT molecular complexity index is 828. The molecule has 2 unspecified atom stereocenters. The maximum Gasteiger partial charge on any atom is 0.121 e. The number of hydrogen-bond donors (Lipinski definition) is 2. The maximum atomic E-state index is 11.8. The van der Waals surface area contributed by atoms with E-state index in [1.807, 2.05) is 36.4 Å². The van der Waals surface area contributed by atoms with Crippen LogP contribution in [0.4, 0.5) is 0 Å². The Balaban J connectivity index is 1.75. The predicted octanol–water partition coefficient (Wildman–Crippen LogP) is 3.83. The molecule has 1 aliphatic heterocycles. The molecule has 2 N–H and O–H groups in total. The number of thiophene rings is 1. The fourth-order valence-corrected chi connectivity index (χ4v) is 4.32. The average molecular weight is 365 g/mol. The van der Waals surface area contributed by atoms with E-state index in [1.54, 1.807) is 11.3 Å². The molecule has 1 fully saturated rings. The summed E-state index contributed by atoms with van der Waals surface area (Å²) in [5, 5.41) is 19.4. The Morgan fingerprint density at radius 3 is 2.62 bits per heavy atom. The molecule has 1 aliphatic rings. The van der Waals surface area contributed by atoms with Crippen LogP contribution in [-0.4, -0.2) is 30.9 Å². The fraction of sp³-hybridized carbons (Fsp3) is 0.273. The van der Waals surface area contributed by atoms with Gasteiger partial charge in [0.2, 0.25) is 0 Å². The van der Waals surface area contributed by atoms with Crippen molar-refractivity contribution in [1.82, 2.24) is 5.32 Å². The van der Waals surface area contributed by atoms with Crippen molar-refractivity contribution in [3.05, 3.63) is 82.6 Å². The van der Waals surface area contributed by atoms with Crippen LogP contribution in [0.15, 0.2) is 71.4 Å². The van der Waals surface area contributed by atoms with Gasteiger partial charge in [-0.2, -0.15) is 11.3 Å². The van der Waals surface area contributed by atoms with Gasteiger partial charge >= 0.3 is 0 Å². The molecule has 0 spiro atoms. The first kappa shape index (κ1) is 17.4. The molecule has 0 radical (unpaired) electrons. The lowest BCUT2D eigenvalue weighted by molar-refractivity contribution is -0.124. The lowest BCUT2D eigenvalue weighted by Gasteiger charge is -2.39. The second-order valence-electron chi connectivity index (χ2n) is 6.70. The summed E-state index contributed by atoms with van der Waals surface area (Å²) in [4.78, 5) is 0. The minimum absolute atomic E-state index is 0.283. The summed E-state index contributed by atoms with van der Waals surface area (Å²) in [5.74, 6) is 0. The molecular weight excluding hydrogens is 342 g/mol. The van der Waals surface area contributed by atoms with Crippen LogP contribution in [0, 0.1) is 0 Å². The molecule has 0 saturated carbocycles. The number of morpholine rings is 1. The van der Waals surface area contributed by atoms with Gasteiger partial charge in [0.15, 0.2) is 0 Å². The Kier molecular flexibility index (Phi) is 5.18. The summed E-state index contributed by atoms with van der Waals surface area (Å²) in [6, 6.07) is 20.4. The van der Waals surface area contributed by atoms with Crippen LogP contribution < -0.4 is 5.32 Å². The summed E-state index contributed by atoms with van der Waals surface area (Å²) >= 11 is 1.69. The van der Waals surface area contributed by atoms with E-state index in [0.29, 0.717) is 19.6 Å². The molecule has 2 heterocycles. The summed E-state index contributed by atoms with van der Waals surface area (Å²) in [5.41, 5.74) is 3.32. The zero-order valence-electron chi connectivity index (χ0n) is 14.6. The molecule has 4 heteroatoms. The van der Waals surface area contributed by atoms with Crippen LogP contribution in [-0.2, 0) is 16.8 Å². The summed E-state index contributed by atoms with van der Waals surface area (Å²) in [7, 11) is 0. The molecule has 26 heavy (non-hydrogen) atoms. The Labute approximate surface area is 158 Å². The molecule has 0 bridgehead atoms. The van der Waals surface area contributed by atoms with Crippen LogP contribution in [0.2, 0.25) is 0 Å². The van der Waals surface area contributed by atoms with Gasteiger partial charge in [-0.1, -0.05) is 54.6 Å². The van der Waals surface area contributed by atoms with Crippen LogP contribution >= 0.6 is 11.3 Å². The molecule has 2 atom stereocenters. The SMILES string of the molecule is OC(Cc1ccccc1-c1ccsc1)(c1ccccc1)C1CNCCO1. The second kappa shape index (κ2) is 7.72. The third-order valence-electron chi connectivity index (χ3n) is 5.04. The first-order chi connectivity index (χ1) is 12.8.